The fourth-order valence-corrected chi connectivity index (χ4v) is 4.99. The molecule has 4 heteroatoms. The van der Waals surface area contributed by atoms with E-state index in [0.29, 0.717) is 0 Å². The van der Waals surface area contributed by atoms with Crippen molar-refractivity contribution in [3.63, 3.8) is 0 Å². The second kappa shape index (κ2) is 15.5. The van der Waals surface area contributed by atoms with Crippen LogP contribution >= 0.6 is 11.8 Å². The summed E-state index contributed by atoms with van der Waals surface area (Å²) in [6.45, 7) is 20.4. The second-order valence-electron chi connectivity index (χ2n) is 8.58. The Balaban J connectivity index is 4.13. The molecule has 0 aromatic carbocycles. The molecule has 0 aliphatic carbocycles. The van der Waals surface area contributed by atoms with Gasteiger partial charge in [-0.2, -0.15) is 11.8 Å². The molecule has 0 spiro atoms. The van der Waals surface area contributed by atoms with Gasteiger partial charge in [-0.05, 0) is 57.5 Å². The zero-order valence-corrected chi connectivity index (χ0v) is 20.2. The maximum absolute atomic E-state index is 5.94. The van der Waals surface area contributed by atoms with Gasteiger partial charge < -0.3 is 8.91 Å². The SMILES string of the molecule is CCCC[N+](CCCC)(CCCC)CCCCSCCO[Si](C)(C)C. The molecular formula is C21H48NOSSi+. The third kappa shape index (κ3) is 15.3. The van der Waals surface area contributed by atoms with Gasteiger partial charge in [0, 0.05) is 12.4 Å². The highest BCUT2D eigenvalue weighted by Gasteiger charge is 2.25. The molecule has 0 aliphatic rings. The van der Waals surface area contributed by atoms with Gasteiger partial charge in [0.05, 0.1) is 26.2 Å². The van der Waals surface area contributed by atoms with E-state index in [9.17, 15) is 0 Å². The lowest BCUT2D eigenvalue weighted by Crippen LogP contribution is -2.50. The molecule has 2 nitrogen and oxygen atoms in total. The standard InChI is InChI=1S/C21H48NOSSi/c1-7-10-15-22(16-11-8-2,17-12-9-3)18-13-14-20-24-21-19-23-25(4,5)6/h7-21H2,1-6H3/q+1. The Kier molecular flexibility index (Phi) is 15.8. The van der Waals surface area contributed by atoms with E-state index in [1.165, 1.54) is 93.5 Å². The summed E-state index contributed by atoms with van der Waals surface area (Å²) in [5.41, 5.74) is 0. The first-order valence-corrected chi connectivity index (χ1v) is 15.5. The Bertz CT molecular complexity index is 272. The van der Waals surface area contributed by atoms with Crippen molar-refractivity contribution in [2.75, 3.05) is 44.3 Å². The molecular weight excluding hydrogens is 342 g/mol. The zero-order valence-electron chi connectivity index (χ0n) is 18.4. The first-order valence-electron chi connectivity index (χ1n) is 11.0. The lowest BCUT2D eigenvalue weighted by Gasteiger charge is -2.39. The molecule has 0 atom stereocenters. The fourth-order valence-electron chi connectivity index (χ4n) is 3.31. The minimum absolute atomic E-state index is 0.948. The largest absolute Gasteiger partial charge is 0.417 e. The highest BCUT2D eigenvalue weighted by molar-refractivity contribution is 7.99. The van der Waals surface area contributed by atoms with Gasteiger partial charge >= 0.3 is 0 Å². The Labute approximate surface area is 165 Å². The Morgan fingerprint density at radius 3 is 1.60 bits per heavy atom. The van der Waals surface area contributed by atoms with Gasteiger partial charge in [0.15, 0.2) is 8.32 Å². The summed E-state index contributed by atoms with van der Waals surface area (Å²) in [6.07, 6.45) is 11.0. The number of quaternary nitrogens is 1. The van der Waals surface area contributed by atoms with Crippen molar-refractivity contribution >= 4 is 20.1 Å². The Hall–Kier alpha value is 0.487. The smallest absolute Gasteiger partial charge is 0.183 e. The molecule has 0 saturated carbocycles. The monoisotopic (exact) mass is 390 g/mol. The third-order valence-electron chi connectivity index (χ3n) is 4.89. The van der Waals surface area contributed by atoms with Crippen molar-refractivity contribution in [3.8, 4) is 0 Å². The van der Waals surface area contributed by atoms with Crippen LogP contribution in [-0.4, -0.2) is 57.1 Å². The first kappa shape index (κ1) is 25.5. The van der Waals surface area contributed by atoms with Crippen molar-refractivity contribution in [1.29, 1.82) is 0 Å². The van der Waals surface area contributed by atoms with Gasteiger partial charge in [-0.1, -0.05) is 40.0 Å². The van der Waals surface area contributed by atoms with Crippen LogP contribution in [0, 0.1) is 0 Å². The minimum atomic E-state index is -1.31. The second-order valence-corrected chi connectivity index (χ2v) is 14.3. The molecule has 0 aromatic heterocycles. The molecule has 0 fully saturated rings. The zero-order chi connectivity index (χ0) is 19.0. The number of rotatable bonds is 18. The molecule has 0 radical (unpaired) electrons. The molecule has 0 unspecified atom stereocenters. The van der Waals surface area contributed by atoms with Crippen LogP contribution in [0.4, 0.5) is 0 Å². The van der Waals surface area contributed by atoms with E-state index in [2.05, 4.69) is 52.2 Å². The molecule has 0 N–H and O–H groups in total. The molecule has 0 heterocycles. The van der Waals surface area contributed by atoms with Crippen LogP contribution in [0.2, 0.25) is 19.6 Å². The highest BCUT2D eigenvalue weighted by Crippen LogP contribution is 2.17. The topological polar surface area (TPSA) is 9.23 Å². The molecule has 152 valence electrons. The predicted octanol–water partition coefficient (Wildman–Crippen LogP) is 6.57. The van der Waals surface area contributed by atoms with Crippen LogP contribution in [0.15, 0.2) is 0 Å². The van der Waals surface area contributed by atoms with E-state index in [1.54, 1.807) is 0 Å². The van der Waals surface area contributed by atoms with E-state index in [4.69, 9.17) is 4.43 Å². The van der Waals surface area contributed by atoms with Crippen molar-refractivity contribution in [3.05, 3.63) is 0 Å². The van der Waals surface area contributed by atoms with Crippen LogP contribution in [0.25, 0.3) is 0 Å². The van der Waals surface area contributed by atoms with Crippen LogP contribution in [0.3, 0.4) is 0 Å². The molecule has 0 rings (SSSR count). The van der Waals surface area contributed by atoms with Gasteiger partial charge in [0.25, 0.3) is 0 Å². The van der Waals surface area contributed by atoms with Crippen molar-refractivity contribution < 1.29 is 8.91 Å². The summed E-state index contributed by atoms with van der Waals surface area (Å²) in [4.78, 5) is 0. The average molecular weight is 391 g/mol. The normalized spacial score (nSPS) is 12.7. The van der Waals surface area contributed by atoms with E-state index in [1.807, 2.05) is 0 Å². The minimum Gasteiger partial charge on any atom is -0.417 e. The van der Waals surface area contributed by atoms with Crippen LogP contribution in [-0.2, 0) is 4.43 Å². The first-order chi connectivity index (χ1) is 11.9. The number of nitrogens with zero attached hydrogens (tertiary/aromatic N) is 1. The van der Waals surface area contributed by atoms with Crippen molar-refractivity contribution in [1.82, 2.24) is 0 Å². The summed E-state index contributed by atoms with van der Waals surface area (Å²) in [7, 11) is -1.31. The van der Waals surface area contributed by atoms with Crippen molar-refractivity contribution in [2.45, 2.75) is 91.8 Å². The lowest BCUT2D eigenvalue weighted by molar-refractivity contribution is -0.929. The van der Waals surface area contributed by atoms with Crippen LogP contribution in [0.1, 0.15) is 72.1 Å². The average Bonchev–Trinajstić information content (AvgIpc) is 2.57. The lowest BCUT2D eigenvalue weighted by atomic mass is 10.1. The molecule has 0 aromatic rings. The van der Waals surface area contributed by atoms with Crippen molar-refractivity contribution in [2.24, 2.45) is 0 Å². The van der Waals surface area contributed by atoms with E-state index < -0.39 is 8.32 Å². The number of hydrogen-bond acceptors (Lipinski definition) is 2. The Morgan fingerprint density at radius 2 is 1.16 bits per heavy atom. The van der Waals surface area contributed by atoms with Gasteiger partial charge in [-0.3, -0.25) is 0 Å². The molecule has 0 aliphatic heterocycles. The summed E-state index contributed by atoms with van der Waals surface area (Å²) >= 11 is 2.09. The quantitative estimate of drug-likeness (QED) is 0.149. The molecule has 0 bridgehead atoms. The predicted molar refractivity (Wildman–Crippen MR) is 120 cm³/mol. The van der Waals surface area contributed by atoms with Gasteiger partial charge in [-0.25, -0.2) is 0 Å². The Morgan fingerprint density at radius 1 is 0.680 bits per heavy atom. The summed E-state index contributed by atoms with van der Waals surface area (Å²) in [5, 5.41) is 0. The molecule has 0 amide bonds. The fraction of sp³-hybridized carbons (Fsp3) is 1.00. The number of hydrogen-bond donors (Lipinski definition) is 0. The highest BCUT2D eigenvalue weighted by atomic mass is 32.2. The summed E-state index contributed by atoms with van der Waals surface area (Å²) < 4.78 is 7.34. The van der Waals surface area contributed by atoms with E-state index in [0.717, 1.165) is 6.61 Å². The van der Waals surface area contributed by atoms with Gasteiger partial charge in [-0.15, -0.1) is 0 Å². The van der Waals surface area contributed by atoms with Gasteiger partial charge in [0.2, 0.25) is 0 Å². The molecule has 25 heavy (non-hydrogen) atoms. The maximum Gasteiger partial charge on any atom is 0.183 e. The third-order valence-corrected chi connectivity index (χ3v) is 6.99. The van der Waals surface area contributed by atoms with E-state index in [-0.39, 0.29) is 0 Å². The summed E-state index contributed by atoms with van der Waals surface area (Å²) in [6, 6.07) is 0. The molecule has 0 saturated heterocycles. The summed E-state index contributed by atoms with van der Waals surface area (Å²) in [5.74, 6) is 2.48. The number of unbranched alkanes of at least 4 members (excludes halogenated alkanes) is 4. The van der Waals surface area contributed by atoms with Crippen LogP contribution < -0.4 is 0 Å². The maximum atomic E-state index is 5.94. The van der Waals surface area contributed by atoms with Gasteiger partial charge in [0.1, 0.15) is 0 Å². The van der Waals surface area contributed by atoms with E-state index >= 15 is 0 Å². The number of thioether (sulfide) groups is 1. The van der Waals surface area contributed by atoms with Crippen LogP contribution in [0.5, 0.6) is 0 Å².